The van der Waals surface area contributed by atoms with Crippen LogP contribution < -0.4 is 0 Å². The monoisotopic (exact) mass is 180 g/mol. The Morgan fingerprint density at radius 2 is 1.62 bits per heavy atom. The minimum atomic E-state index is 0.107. The van der Waals surface area contributed by atoms with E-state index in [1.54, 1.807) is 13.0 Å². The van der Waals surface area contributed by atoms with Crippen LogP contribution in [0.4, 0.5) is 0 Å². The predicted octanol–water partition coefficient (Wildman–Crippen LogP) is 3.37. The predicted molar refractivity (Wildman–Crippen MR) is 57.6 cm³/mol. The summed E-state index contributed by atoms with van der Waals surface area (Å²) < 4.78 is 0. The van der Waals surface area contributed by atoms with Gasteiger partial charge in [-0.15, -0.1) is 0 Å². The highest BCUT2D eigenvalue weighted by Crippen LogP contribution is 2.14. The fourth-order valence-corrected chi connectivity index (χ4v) is 1.04. The highest BCUT2D eigenvalue weighted by atomic mass is 16.1. The lowest BCUT2D eigenvalue weighted by Gasteiger charge is -2.07. The maximum Gasteiger partial charge on any atom is 0.152 e. The molecule has 0 saturated heterocycles. The van der Waals surface area contributed by atoms with Crippen molar-refractivity contribution in [2.75, 3.05) is 0 Å². The number of carbonyl (C=O) groups excluding carboxylic acids is 1. The summed E-state index contributed by atoms with van der Waals surface area (Å²) in [6.45, 7) is 10.1. The molecule has 74 valence electrons. The van der Waals surface area contributed by atoms with Crippen LogP contribution in [0.2, 0.25) is 0 Å². The minimum Gasteiger partial charge on any atom is -0.295 e. The van der Waals surface area contributed by atoms with E-state index in [1.807, 2.05) is 6.08 Å². The Kier molecular flexibility index (Phi) is 5.36. The van der Waals surface area contributed by atoms with Crippen LogP contribution in [0.3, 0.4) is 0 Å². The van der Waals surface area contributed by atoms with Gasteiger partial charge < -0.3 is 0 Å². The third-order valence-electron chi connectivity index (χ3n) is 1.70. The molecular weight excluding hydrogens is 160 g/mol. The maximum absolute atomic E-state index is 10.7. The van der Waals surface area contributed by atoms with Gasteiger partial charge in [0.05, 0.1) is 0 Å². The Hall–Kier alpha value is -0.850. The van der Waals surface area contributed by atoms with E-state index in [0.29, 0.717) is 11.8 Å². The van der Waals surface area contributed by atoms with Gasteiger partial charge in [-0.3, -0.25) is 4.79 Å². The lowest BCUT2D eigenvalue weighted by molar-refractivity contribution is -0.112. The van der Waals surface area contributed by atoms with E-state index in [0.717, 1.165) is 0 Å². The lowest BCUT2D eigenvalue weighted by Crippen LogP contribution is -1.94. The fraction of sp³-hybridized carbons (Fsp3) is 0.583. The van der Waals surface area contributed by atoms with Crippen LogP contribution >= 0.6 is 0 Å². The van der Waals surface area contributed by atoms with Gasteiger partial charge in [-0.05, 0) is 30.4 Å². The molecule has 0 radical (unpaired) electrons. The van der Waals surface area contributed by atoms with Crippen LogP contribution in [0.15, 0.2) is 23.8 Å². The summed E-state index contributed by atoms with van der Waals surface area (Å²) in [4.78, 5) is 10.7. The average molecular weight is 180 g/mol. The summed E-state index contributed by atoms with van der Waals surface area (Å²) in [5.41, 5.74) is 1.24. The topological polar surface area (TPSA) is 17.1 Å². The second-order valence-corrected chi connectivity index (χ2v) is 4.01. The van der Waals surface area contributed by atoms with Gasteiger partial charge in [-0.25, -0.2) is 0 Å². The molecule has 0 atom stereocenters. The van der Waals surface area contributed by atoms with Crippen molar-refractivity contribution >= 4 is 5.78 Å². The highest BCUT2D eigenvalue weighted by molar-refractivity contribution is 5.87. The van der Waals surface area contributed by atoms with Crippen LogP contribution in [0, 0.1) is 11.8 Å². The second-order valence-electron chi connectivity index (χ2n) is 4.01. The van der Waals surface area contributed by atoms with E-state index in [1.165, 1.54) is 5.57 Å². The van der Waals surface area contributed by atoms with Crippen molar-refractivity contribution < 1.29 is 4.79 Å². The average Bonchev–Trinajstić information content (AvgIpc) is 1.96. The van der Waals surface area contributed by atoms with Crippen molar-refractivity contribution in [2.45, 2.75) is 34.6 Å². The zero-order chi connectivity index (χ0) is 10.4. The zero-order valence-electron chi connectivity index (χ0n) is 9.29. The van der Waals surface area contributed by atoms with Crippen LogP contribution in [0.1, 0.15) is 34.6 Å². The molecule has 0 aliphatic rings. The molecular formula is C12H20O. The summed E-state index contributed by atoms with van der Waals surface area (Å²) in [5.74, 6) is 1.13. The van der Waals surface area contributed by atoms with Crippen molar-refractivity contribution in [2.24, 2.45) is 11.8 Å². The first-order valence-corrected chi connectivity index (χ1v) is 4.83. The van der Waals surface area contributed by atoms with Crippen molar-refractivity contribution in [1.82, 2.24) is 0 Å². The standard InChI is InChI=1S/C12H20O/c1-9(2)8-12(10(3)4)7-6-11(5)13/h6-10H,1-5H3/b7-6+,12-8+. The van der Waals surface area contributed by atoms with Crippen molar-refractivity contribution in [3.63, 3.8) is 0 Å². The van der Waals surface area contributed by atoms with Gasteiger partial charge in [0.15, 0.2) is 5.78 Å². The first-order chi connectivity index (χ1) is 5.93. The molecule has 0 fully saturated rings. The quantitative estimate of drug-likeness (QED) is 0.479. The van der Waals surface area contributed by atoms with Gasteiger partial charge in [0.25, 0.3) is 0 Å². The van der Waals surface area contributed by atoms with Gasteiger partial charge in [-0.1, -0.05) is 39.8 Å². The largest absolute Gasteiger partial charge is 0.295 e. The molecule has 0 N–H and O–H groups in total. The molecule has 0 spiro atoms. The molecule has 0 saturated carbocycles. The van der Waals surface area contributed by atoms with Gasteiger partial charge in [-0.2, -0.15) is 0 Å². The van der Waals surface area contributed by atoms with E-state index < -0.39 is 0 Å². The normalized spacial score (nSPS) is 13.3. The minimum absolute atomic E-state index is 0.107. The fourth-order valence-electron chi connectivity index (χ4n) is 1.04. The Labute approximate surface area is 81.5 Å². The number of rotatable bonds is 4. The molecule has 1 heteroatoms. The molecule has 0 aromatic rings. The molecule has 0 aromatic heterocycles. The van der Waals surface area contributed by atoms with Crippen LogP contribution in [0.5, 0.6) is 0 Å². The summed E-state index contributed by atoms with van der Waals surface area (Å²) in [7, 11) is 0. The first kappa shape index (κ1) is 12.2. The van der Waals surface area contributed by atoms with Crippen LogP contribution in [-0.4, -0.2) is 5.78 Å². The maximum atomic E-state index is 10.7. The number of carbonyl (C=O) groups is 1. The molecule has 0 unspecified atom stereocenters. The highest BCUT2D eigenvalue weighted by Gasteiger charge is 2.00. The Morgan fingerprint density at radius 1 is 1.08 bits per heavy atom. The number of allylic oxidation sites excluding steroid dienone is 4. The second kappa shape index (κ2) is 5.74. The first-order valence-electron chi connectivity index (χ1n) is 4.83. The molecule has 0 amide bonds. The number of hydrogen-bond donors (Lipinski definition) is 0. The molecule has 0 bridgehead atoms. The van der Waals surface area contributed by atoms with Gasteiger partial charge in [0.2, 0.25) is 0 Å². The summed E-state index contributed by atoms with van der Waals surface area (Å²) in [5, 5.41) is 0. The van der Waals surface area contributed by atoms with E-state index in [2.05, 4.69) is 33.8 Å². The Bertz CT molecular complexity index is 219. The molecule has 13 heavy (non-hydrogen) atoms. The third kappa shape index (κ3) is 6.32. The molecule has 0 rings (SSSR count). The van der Waals surface area contributed by atoms with Crippen molar-refractivity contribution in [3.05, 3.63) is 23.8 Å². The summed E-state index contributed by atoms with van der Waals surface area (Å²) in [6, 6.07) is 0. The van der Waals surface area contributed by atoms with Crippen LogP contribution in [-0.2, 0) is 4.79 Å². The molecule has 0 aliphatic heterocycles. The smallest absolute Gasteiger partial charge is 0.152 e. The molecule has 1 nitrogen and oxygen atoms in total. The van der Waals surface area contributed by atoms with Gasteiger partial charge in [0.1, 0.15) is 0 Å². The summed E-state index contributed by atoms with van der Waals surface area (Å²) in [6.07, 6.45) is 5.76. The van der Waals surface area contributed by atoms with Gasteiger partial charge >= 0.3 is 0 Å². The Morgan fingerprint density at radius 3 is 1.92 bits per heavy atom. The van der Waals surface area contributed by atoms with Crippen LogP contribution in [0.25, 0.3) is 0 Å². The molecule has 0 aromatic carbocycles. The Balaban J connectivity index is 4.54. The van der Waals surface area contributed by atoms with E-state index in [9.17, 15) is 4.79 Å². The van der Waals surface area contributed by atoms with Crippen molar-refractivity contribution in [3.8, 4) is 0 Å². The SMILES string of the molecule is CC(=O)/C=C/C(=C\C(C)C)C(C)C. The van der Waals surface area contributed by atoms with E-state index in [4.69, 9.17) is 0 Å². The molecule has 0 aliphatic carbocycles. The van der Waals surface area contributed by atoms with Crippen molar-refractivity contribution in [1.29, 1.82) is 0 Å². The zero-order valence-corrected chi connectivity index (χ0v) is 9.29. The van der Waals surface area contributed by atoms with Gasteiger partial charge in [0, 0.05) is 0 Å². The molecule has 0 heterocycles. The van der Waals surface area contributed by atoms with E-state index in [-0.39, 0.29) is 5.78 Å². The third-order valence-corrected chi connectivity index (χ3v) is 1.70. The lowest BCUT2D eigenvalue weighted by atomic mass is 9.98. The summed E-state index contributed by atoms with van der Waals surface area (Å²) >= 11 is 0. The number of ketones is 1. The van der Waals surface area contributed by atoms with E-state index >= 15 is 0 Å². The number of hydrogen-bond acceptors (Lipinski definition) is 1.